The molecule has 34 heavy (non-hydrogen) atoms. The normalized spacial score (nSPS) is 18.3. The van der Waals surface area contributed by atoms with Gasteiger partial charge < -0.3 is 10.2 Å². The highest BCUT2D eigenvalue weighted by molar-refractivity contribution is 5.93. The number of aryl methyl sites for hydroxylation is 2. The van der Waals surface area contributed by atoms with Crippen LogP contribution in [0, 0.1) is 6.92 Å². The molecule has 5 rings (SSSR count). The van der Waals surface area contributed by atoms with E-state index >= 15 is 0 Å². The Balaban J connectivity index is 1.60. The third kappa shape index (κ3) is 4.21. The van der Waals surface area contributed by atoms with Gasteiger partial charge in [0.1, 0.15) is 11.6 Å². The molecule has 1 saturated heterocycles. The van der Waals surface area contributed by atoms with E-state index in [1.807, 2.05) is 49.5 Å². The molecule has 0 unspecified atom stereocenters. The SMILES string of the molecule is CC(=O)N1C[C@H](c2nc(Nc3ccnc(C)c3)cc(-c3cncc4c3cnn4C)n2)CC[C@@H]1C. The molecule has 5 heterocycles. The van der Waals surface area contributed by atoms with E-state index in [1.165, 1.54) is 0 Å². The molecule has 0 aliphatic carbocycles. The van der Waals surface area contributed by atoms with Crippen LogP contribution in [0.3, 0.4) is 0 Å². The summed E-state index contributed by atoms with van der Waals surface area (Å²) < 4.78 is 1.81. The highest BCUT2D eigenvalue weighted by Crippen LogP contribution is 2.33. The van der Waals surface area contributed by atoms with Crippen molar-refractivity contribution in [2.75, 3.05) is 11.9 Å². The van der Waals surface area contributed by atoms with Crippen LogP contribution in [0.15, 0.2) is 43.0 Å². The van der Waals surface area contributed by atoms with E-state index in [1.54, 1.807) is 24.0 Å². The van der Waals surface area contributed by atoms with Crippen LogP contribution in [0.25, 0.3) is 22.2 Å². The first-order valence-corrected chi connectivity index (χ1v) is 11.5. The Bertz CT molecular complexity index is 1360. The van der Waals surface area contributed by atoms with Gasteiger partial charge >= 0.3 is 0 Å². The highest BCUT2D eigenvalue weighted by atomic mass is 16.2. The molecule has 0 aromatic carbocycles. The lowest BCUT2D eigenvalue weighted by atomic mass is 9.92. The van der Waals surface area contributed by atoms with Gasteiger partial charge in [-0.25, -0.2) is 9.97 Å². The molecule has 0 bridgehead atoms. The molecule has 174 valence electrons. The number of hydrogen-bond donors (Lipinski definition) is 1. The van der Waals surface area contributed by atoms with Crippen molar-refractivity contribution in [1.82, 2.24) is 34.6 Å². The smallest absolute Gasteiger partial charge is 0.219 e. The number of pyridine rings is 2. The minimum atomic E-state index is 0.0563. The van der Waals surface area contributed by atoms with Gasteiger partial charge in [-0.2, -0.15) is 5.10 Å². The number of aromatic nitrogens is 6. The summed E-state index contributed by atoms with van der Waals surface area (Å²) in [5.41, 5.74) is 4.44. The van der Waals surface area contributed by atoms with Crippen LogP contribution in [-0.2, 0) is 11.8 Å². The molecule has 1 aliphatic rings. The van der Waals surface area contributed by atoms with E-state index in [0.29, 0.717) is 12.4 Å². The number of amides is 1. The first-order valence-electron chi connectivity index (χ1n) is 11.5. The largest absolute Gasteiger partial charge is 0.340 e. The van der Waals surface area contributed by atoms with Gasteiger partial charge in [0, 0.05) is 73.3 Å². The predicted octanol–water partition coefficient (Wildman–Crippen LogP) is 3.99. The number of likely N-dealkylation sites (tertiary alicyclic amines) is 1. The minimum absolute atomic E-state index is 0.0563. The fraction of sp³-hybridized carbons (Fsp3) is 0.360. The second-order valence-electron chi connectivity index (χ2n) is 8.99. The van der Waals surface area contributed by atoms with Gasteiger partial charge in [-0.15, -0.1) is 0 Å². The summed E-state index contributed by atoms with van der Waals surface area (Å²) in [7, 11) is 1.90. The lowest BCUT2D eigenvalue weighted by Crippen LogP contribution is -2.44. The summed E-state index contributed by atoms with van der Waals surface area (Å²) in [6, 6.07) is 6.06. The Hall–Kier alpha value is -3.88. The zero-order valence-corrected chi connectivity index (χ0v) is 19.9. The quantitative estimate of drug-likeness (QED) is 0.495. The Morgan fingerprint density at radius 3 is 2.79 bits per heavy atom. The topological polar surface area (TPSA) is 102 Å². The number of piperidine rings is 1. The van der Waals surface area contributed by atoms with Crippen LogP contribution in [0.5, 0.6) is 0 Å². The van der Waals surface area contributed by atoms with E-state index < -0.39 is 0 Å². The average Bonchev–Trinajstić information content (AvgIpc) is 3.20. The fourth-order valence-corrected chi connectivity index (χ4v) is 4.64. The molecule has 1 aliphatic heterocycles. The van der Waals surface area contributed by atoms with E-state index in [4.69, 9.17) is 9.97 Å². The number of rotatable bonds is 4. The maximum atomic E-state index is 12.2. The summed E-state index contributed by atoms with van der Waals surface area (Å²) in [5.74, 6) is 1.56. The van der Waals surface area contributed by atoms with Crippen molar-refractivity contribution in [3.8, 4) is 11.3 Å². The molecule has 1 amide bonds. The number of carbonyl (C=O) groups excluding carboxylic acids is 1. The summed E-state index contributed by atoms with van der Waals surface area (Å²) >= 11 is 0. The molecule has 1 fully saturated rings. The number of anilines is 2. The maximum Gasteiger partial charge on any atom is 0.219 e. The van der Waals surface area contributed by atoms with Crippen LogP contribution in [0.1, 0.15) is 44.1 Å². The fourth-order valence-electron chi connectivity index (χ4n) is 4.64. The van der Waals surface area contributed by atoms with E-state index in [2.05, 4.69) is 27.3 Å². The number of hydrogen-bond acceptors (Lipinski definition) is 7. The van der Waals surface area contributed by atoms with Crippen molar-refractivity contribution in [3.05, 3.63) is 54.5 Å². The van der Waals surface area contributed by atoms with Crippen molar-refractivity contribution in [2.45, 2.75) is 45.6 Å². The molecular weight excluding hydrogens is 428 g/mol. The van der Waals surface area contributed by atoms with Gasteiger partial charge in [0.05, 0.1) is 23.6 Å². The minimum Gasteiger partial charge on any atom is -0.340 e. The van der Waals surface area contributed by atoms with Crippen LogP contribution in [-0.4, -0.2) is 53.1 Å². The molecule has 0 saturated carbocycles. The molecule has 1 N–H and O–H groups in total. The Morgan fingerprint density at radius 1 is 1.15 bits per heavy atom. The average molecular weight is 457 g/mol. The van der Waals surface area contributed by atoms with Crippen LogP contribution >= 0.6 is 0 Å². The van der Waals surface area contributed by atoms with Crippen molar-refractivity contribution in [2.24, 2.45) is 7.05 Å². The zero-order chi connectivity index (χ0) is 23.8. The van der Waals surface area contributed by atoms with Gasteiger partial charge in [-0.05, 0) is 38.8 Å². The van der Waals surface area contributed by atoms with Crippen LogP contribution < -0.4 is 5.32 Å². The Morgan fingerprint density at radius 2 is 2.00 bits per heavy atom. The van der Waals surface area contributed by atoms with Gasteiger partial charge in [0.15, 0.2) is 0 Å². The number of nitrogens with zero attached hydrogens (tertiary/aromatic N) is 7. The molecule has 9 nitrogen and oxygen atoms in total. The number of fused-ring (bicyclic) bond motifs is 1. The molecule has 9 heteroatoms. The van der Waals surface area contributed by atoms with E-state index in [9.17, 15) is 4.79 Å². The summed E-state index contributed by atoms with van der Waals surface area (Å²) in [4.78, 5) is 32.7. The van der Waals surface area contributed by atoms with Crippen molar-refractivity contribution < 1.29 is 4.79 Å². The first kappa shape index (κ1) is 21.9. The van der Waals surface area contributed by atoms with E-state index in [0.717, 1.165) is 52.2 Å². The summed E-state index contributed by atoms with van der Waals surface area (Å²) in [6.07, 6.45) is 9.09. The third-order valence-corrected chi connectivity index (χ3v) is 6.52. The predicted molar refractivity (Wildman–Crippen MR) is 131 cm³/mol. The molecule has 4 aromatic rings. The standard InChI is InChI=1S/C25H28N8O/c1-15-9-19(7-8-27-15)29-24-10-22(20-11-26-13-23-21(20)12-28-32(23)4)30-25(31-24)18-6-5-16(2)33(14-18)17(3)34/h7-13,16,18H,5-6,14H2,1-4H3,(H,27,29,30,31)/t16-,18+/m0/s1. The monoisotopic (exact) mass is 456 g/mol. The molecule has 2 atom stereocenters. The third-order valence-electron chi connectivity index (χ3n) is 6.52. The van der Waals surface area contributed by atoms with Crippen LogP contribution in [0.2, 0.25) is 0 Å². The maximum absolute atomic E-state index is 12.2. The summed E-state index contributed by atoms with van der Waals surface area (Å²) in [6.45, 7) is 6.30. The van der Waals surface area contributed by atoms with Gasteiger partial charge in [0.25, 0.3) is 0 Å². The summed E-state index contributed by atoms with van der Waals surface area (Å²) in [5, 5.41) is 8.80. The van der Waals surface area contributed by atoms with Gasteiger partial charge in [0.2, 0.25) is 5.91 Å². The Labute approximate surface area is 198 Å². The van der Waals surface area contributed by atoms with Gasteiger partial charge in [-0.1, -0.05) is 0 Å². The molecular formula is C25H28N8O. The second kappa shape index (κ2) is 8.81. The van der Waals surface area contributed by atoms with Crippen molar-refractivity contribution in [3.63, 3.8) is 0 Å². The van der Waals surface area contributed by atoms with Crippen LogP contribution in [0.4, 0.5) is 11.5 Å². The second-order valence-corrected chi connectivity index (χ2v) is 8.99. The van der Waals surface area contributed by atoms with E-state index in [-0.39, 0.29) is 17.9 Å². The van der Waals surface area contributed by atoms with Gasteiger partial charge in [-0.3, -0.25) is 19.4 Å². The number of carbonyl (C=O) groups is 1. The Kier molecular flexibility index (Phi) is 5.69. The first-order chi connectivity index (χ1) is 16.4. The lowest BCUT2D eigenvalue weighted by molar-refractivity contribution is -0.132. The lowest BCUT2D eigenvalue weighted by Gasteiger charge is -2.37. The van der Waals surface area contributed by atoms with Crippen molar-refractivity contribution >= 4 is 28.3 Å². The number of nitrogens with one attached hydrogen (secondary N) is 1. The molecule has 0 radical (unpaired) electrons. The van der Waals surface area contributed by atoms with Crippen molar-refractivity contribution in [1.29, 1.82) is 0 Å². The molecule has 4 aromatic heterocycles. The highest BCUT2D eigenvalue weighted by Gasteiger charge is 2.30. The molecule has 0 spiro atoms. The zero-order valence-electron chi connectivity index (χ0n) is 19.9.